The van der Waals surface area contributed by atoms with Crippen LogP contribution in [0.5, 0.6) is 11.5 Å². The number of aromatic nitrogens is 4. The lowest BCUT2D eigenvalue weighted by Gasteiger charge is -2.46. The highest BCUT2D eigenvalue weighted by Crippen LogP contribution is 2.44. The van der Waals surface area contributed by atoms with Crippen LogP contribution in [0.15, 0.2) is 54.9 Å². The number of carbonyl (C=O) groups is 1. The molecule has 2 aromatic carbocycles. The Bertz CT molecular complexity index is 930. The number of β-lactam (4-membered cyclic amide) rings is 1. The molecule has 8 nitrogen and oxygen atoms in total. The van der Waals surface area contributed by atoms with E-state index in [1.54, 1.807) is 14.2 Å². The van der Waals surface area contributed by atoms with Crippen LogP contribution < -0.4 is 9.47 Å². The molecule has 1 fully saturated rings. The fourth-order valence-electron chi connectivity index (χ4n) is 3.45. The number of rotatable bonds is 6. The molecule has 1 amide bonds. The van der Waals surface area contributed by atoms with Crippen molar-refractivity contribution in [3.8, 4) is 11.5 Å². The molecular formula is C19H19N5O3. The number of carbonyl (C=O) groups excluding carboxylic acids is 1. The SMILES string of the molecule is COc1ccc(CN2C(=O)C(n3cnnn3)C2c2ccccc2)cc1OC. The lowest BCUT2D eigenvalue weighted by molar-refractivity contribution is -0.157. The summed E-state index contributed by atoms with van der Waals surface area (Å²) in [6, 6.07) is 15.0. The maximum atomic E-state index is 12.9. The smallest absolute Gasteiger partial charge is 0.251 e. The molecule has 4 rings (SSSR count). The maximum Gasteiger partial charge on any atom is 0.251 e. The Kier molecular flexibility index (Phi) is 4.45. The number of amides is 1. The second kappa shape index (κ2) is 7.06. The summed E-state index contributed by atoms with van der Waals surface area (Å²) in [5, 5.41) is 11.3. The van der Waals surface area contributed by atoms with Crippen LogP contribution in [0, 0.1) is 0 Å². The normalized spacial score (nSPS) is 18.9. The molecule has 138 valence electrons. The number of tetrazole rings is 1. The monoisotopic (exact) mass is 365 g/mol. The fourth-order valence-corrected chi connectivity index (χ4v) is 3.45. The minimum absolute atomic E-state index is 0.0223. The third kappa shape index (κ3) is 2.99. The zero-order valence-electron chi connectivity index (χ0n) is 15.0. The number of nitrogens with zero attached hydrogens (tertiary/aromatic N) is 5. The minimum Gasteiger partial charge on any atom is -0.493 e. The molecule has 1 aliphatic heterocycles. The van der Waals surface area contributed by atoms with E-state index in [9.17, 15) is 4.79 Å². The van der Waals surface area contributed by atoms with Crippen LogP contribution in [-0.2, 0) is 11.3 Å². The number of ether oxygens (including phenoxy) is 2. The van der Waals surface area contributed by atoms with Gasteiger partial charge in [-0.2, -0.15) is 0 Å². The Hall–Kier alpha value is -3.42. The molecule has 0 radical (unpaired) electrons. The molecule has 2 heterocycles. The number of hydrogen-bond acceptors (Lipinski definition) is 6. The topological polar surface area (TPSA) is 82.4 Å². The summed E-state index contributed by atoms with van der Waals surface area (Å²) >= 11 is 0. The van der Waals surface area contributed by atoms with Crippen molar-refractivity contribution in [1.29, 1.82) is 0 Å². The lowest BCUT2D eigenvalue weighted by atomic mass is 9.88. The molecule has 2 unspecified atom stereocenters. The number of benzene rings is 2. The number of methoxy groups -OCH3 is 2. The van der Waals surface area contributed by atoms with E-state index in [2.05, 4.69) is 15.5 Å². The van der Waals surface area contributed by atoms with Crippen LogP contribution in [0.25, 0.3) is 0 Å². The van der Waals surface area contributed by atoms with Crippen LogP contribution in [0.1, 0.15) is 23.2 Å². The Balaban J connectivity index is 1.64. The van der Waals surface area contributed by atoms with Gasteiger partial charge < -0.3 is 14.4 Å². The zero-order chi connectivity index (χ0) is 18.8. The largest absolute Gasteiger partial charge is 0.493 e. The van der Waals surface area contributed by atoms with Gasteiger partial charge in [0.2, 0.25) is 0 Å². The predicted molar refractivity (Wildman–Crippen MR) is 96.1 cm³/mol. The highest BCUT2D eigenvalue weighted by Gasteiger charge is 2.49. The van der Waals surface area contributed by atoms with E-state index in [0.29, 0.717) is 18.0 Å². The van der Waals surface area contributed by atoms with Crippen LogP contribution >= 0.6 is 0 Å². The average molecular weight is 365 g/mol. The molecule has 1 aromatic heterocycles. The van der Waals surface area contributed by atoms with Crippen LogP contribution in [0.3, 0.4) is 0 Å². The first-order chi connectivity index (χ1) is 13.2. The summed E-state index contributed by atoms with van der Waals surface area (Å²) in [7, 11) is 3.19. The van der Waals surface area contributed by atoms with Gasteiger partial charge in [-0.3, -0.25) is 4.79 Å². The van der Waals surface area contributed by atoms with E-state index < -0.39 is 6.04 Å². The van der Waals surface area contributed by atoms with E-state index >= 15 is 0 Å². The van der Waals surface area contributed by atoms with Crippen molar-refractivity contribution in [3.05, 3.63) is 66.0 Å². The third-order valence-electron chi connectivity index (χ3n) is 4.76. The molecule has 3 aromatic rings. The Morgan fingerprint density at radius 1 is 1.00 bits per heavy atom. The van der Waals surface area contributed by atoms with Gasteiger partial charge in [-0.05, 0) is 33.7 Å². The molecule has 1 saturated heterocycles. The zero-order valence-corrected chi connectivity index (χ0v) is 15.0. The predicted octanol–water partition coefficient (Wildman–Crippen LogP) is 2.02. The van der Waals surface area contributed by atoms with Gasteiger partial charge in [-0.1, -0.05) is 36.4 Å². The van der Waals surface area contributed by atoms with Gasteiger partial charge in [0.05, 0.1) is 20.3 Å². The molecule has 8 heteroatoms. The maximum absolute atomic E-state index is 12.9. The van der Waals surface area contributed by atoms with Crippen molar-refractivity contribution in [2.45, 2.75) is 18.6 Å². The van der Waals surface area contributed by atoms with Crippen molar-refractivity contribution >= 4 is 5.91 Å². The van der Waals surface area contributed by atoms with E-state index in [4.69, 9.17) is 9.47 Å². The van der Waals surface area contributed by atoms with Crippen LogP contribution in [-0.4, -0.2) is 45.2 Å². The first kappa shape index (κ1) is 17.0. The number of hydrogen-bond donors (Lipinski definition) is 0. The van der Waals surface area contributed by atoms with E-state index in [1.807, 2.05) is 53.4 Å². The third-order valence-corrected chi connectivity index (χ3v) is 4.76. The lowest BCUT2D eigenvalue weighted by Crippen LogP contribution is -2.55. The Labute approximate surface area is 156 Å². The summed E-state index contributed by atoms with van der Waals surface area (Å²) in [5.41, 5.74) is 2.00. The second-order valence-electron chi connectivity index (χ2n) is 6.25. The molecule has 27 heavy (non-hydrogen) atoms. The molecule has 2 atom stereocenters. The van der Waals surface area contributed by atoms with Gasteiger partial charge in [-0.15, -0.1) is 5.10 Å². The van der Waals surface area contributed by atoms with Crippen molar-refractivity contribution in [3.63, 3.8) is 0 Å². The minimum atomic E-state index is -0.442. The van der Waals surface area contributed by atoms with Gasteiger partial charge in [0, 0.05) is 6.54 Å². The quantitative estimate of drug-likeness (QED) is 0.622. The van der Waals surface area contributed by atoms with E-state index in [1.165, 1.54) is 11.0 Å². The van der Waals surface area contributed by atoms with Gasteiger partial charge in [0.15, 0.2) is 17.5 Å². The Morgan fingerprint density at radius 3 is 2.44 bits per heavy atom. The molecule has 0 aliphatic carbocycles. The first-order valence-electron chi connectivity index (χ1n) is 8.51. The van der Waals surface area contributed by atoms with Gasteiger partial charge >= 0.3 is 0 Å². The molecule has 0 spiro atoms. The van der Waals surface area contributed by atoms with Crippen LogP contribution in [0.2, 0.25) is 0 Å². The molecule has 0 N–H and O–H groups in total. The molecule has 1 aliphatic rings. The fraction of sp³-hybridized carbons (Fsp3) is 0.263. The molecule has 0 saturated carbocycles. The van der Waals surface area contributed by atoms with Crippen molar-refractivity contribution in [2.75, 3.05) is 14.2 Å². The van der Waals surface area contributed by atoms with Crippen LogP contribution in [0.4, 0.5) is 0 Å². The molecule has 0 bridgehead atoms. The summed E-state index contributed by atoms with van der Waals surface area (Å²) in [6.45, 7) is 0.456. The molecular weight excluding hydrogens is 346 g/mol. The van der Waals surface area contributed by atoms with Gasteiger partial charge in [0.1, 0.15) is 6.33 Å². The van der Waals surface area contributed by atoms with Gasteiger partial charge in [0.25, 0.3) is 5.91 Å². The van der Waals surface area contributed by atoms with E-state index in [0.717, 1.165) is 11.1 Å². The van der Waals surface area contributed by atoms with Gasteiger partial charge in [-0.25, -0.2) is 4.68 Å². The summed E-state index contributed by atoms with van der Waals surface area (Å²) in [6.07, 6.45) is 1.48. The highest BCUT2D eigenvalue weighted by molar-refractivity contribution is 5.88. The van der Waals surface area contributed by atoms with Crippen molar-refractivity contribution in [1.82, 2.24) is 25.1 Å². The number of likely N-dealkylation sites (tertiary alicyclic amines) is 1. The van der Waals surface area contributed by atoms with Crippen molar-refractivity contribution < 1.29 is 14.3 Å². The second-order valence-corrected chi connectivity index (χ2v) is 6.25. The summed E-state index contributed by atoms with van der Waals surface area (Å²) in [5.74, 6) is 1.27. The standard InChI is InChI=1S/C19H19N5O3/c1-26-15-9-8-13(10-16(15)27-2)11-23-17(14-6-4-3-5-7-14)18(19(23)25)24-12-20-21-22-24/h3-10,12,17-18H,11H2,1-2H3. The average Bonchev–Trinajstić information content (AvgIpc) is 3.24. The van der Waals surface area contributed by atoms with Crippen molar-refractivity contribution in [2.24, 2.45) is 0 Å². The Morgan fingerprint density at radius 2 is 1.78 bits per heavy atom. The summed E-state index contributed by atoms with van der Waals surface area (Å²) in [4.78, 5) is 14.7. The van der Waals surface area contributed by atoms with E-state index in [-0.39, 0.29) is 11.9 Å². The highest BCUT2D eigenvalue weighted by atomic mass is 16.5. The summed E-state index contributed by atoms with van der Waals surface area (Å²) < 4.78 is 12.2. The first-order valence-corrected chi connectivity index (χ1v) is 8.51.